The maximum atomic E-state index is 12.5. The van der Waals surface area contributed by atoms with E-state index in [0.717, 1.165) is 18.5 Å². The van der Waals surface area contributed by atoms with Gasteiger partial charge in [-0.2, -0.15) is 0 Å². The number of fused-ring (bicyclic) bond motifs is 2. The Bertz CT molecular complexity index is 503. The number of ether oxygens (including phenoxy) is 1. The zero-order valence-corrected chi connectivity index (χ0v) is 13.1. The quantitative estimate of drug-likeness (QED) is 0.860. The van der Waals surface area contributed by atoms with Gasteiger partial charge in [0.05, 0.1) is 25.3 Å². The van der Waals surface area contributed by atoms with E-state index in [1.807, 2.05) is 17.0 Å². The lowest BCUT2D eigenvalue weighted by atomic mass is 9.87. The Kier molecular flexibility index (Phi) is 3.66. The highest BCUT2D eigenvalue weighted by molar-refractivity contribution is 5.90. The molecule has 1 aromatic rings. The van der Waals surface area contributed by atoms with Crippen LogP contribution in [0.2, 0.25) is 0 Å². The number of urea groups is 1. The summed E-state index contributed by atoms with van der Waals surface area (Å²) in [6.07, 6.45) is 2.11. The minimum Gasteiger partial charge on any atom is -0.377 e. The van der Waals surface area contributed by atoms with Crippen molar-refractivity contribution in [2.24, 2.45) is 0 Å². The molecule has 1 N–H and O–H groups in total. The van der Waals surface area contributed by atoms with Crippen molar-refractivity contribution < 1.29 is 9.53 Å². The van der Waals surface area contributed by atoms with Gasteiger partial charge in [-0.3, -0.25) is 0 Å². The van der Waals surface area contributed by atoms with Crippen LogP contribution in [0.5, 0.6) is 0 Å². The van der Waals surface area contributed by atoms with Crippen molar-refractivity contribution in [2.45, 2.75) is 51.1 Å². The summed E-state index contributed by atoms with van der Waals surface area (Å²) in [4.78, 5) is 14.4. The van der Waals surface area contributed by atoms with E-state index in [1.165, 1.54) is 5.56 Å². The fourth-order valence-electron chi connectivity index (χ4n) is 3.20. The Morgan fingerprint density at radius 3 is 2.24 bits per heavy atom. The largest absolute Gasteiger partial charge is 0.377 e. The van der Waals surface area contributed by atoms with E-state index in [4.69, 9.17) is 4.74 Å². The number of morpholine rings is 1. The lowest BCUT2D eigenvalue weighted by Crippen LogP contribution is -2.50. The molecule has 0 saturated carbocycles. The first-order valence-corrected chi connectivity index (χ1v) is 7.73. The standard InChI is InChI=1S/C17H24N2O2/c1-17(2,3)12-4-6-13(7-5-12)18-16(20)19-14-8-9-15(19)11-21-10-14/h4-7,14-15H,8-11H2,1-3H3,(H,18,20)/t14-,15-/m1/s1. The van der Waals surface area contributed by atoms with Crippen molar-refractivity contribution in [3.8, 4) is 0 Å². The molecule has 4 heteroatoms. The monoisotopic (exact) mass is 288 g/mol. The minimum atomic E-state index is 0.00862. The van der Waals surface area contributed by atoms with Gasteiger partial charge in [0.1, 0.15) is 0 Å². The highest BCUT2D eigenvalue weighted by Crippen LogP contribution is 2.29. The van der Waals surface area contributed by atoms with Gasteiger partial charge in [0.2, 0.25) is 0 Å². The SMILES string of the molecule is CC(C)(C)c1ccc(NC(=O)N2[C@@H]3CC[C@@H]2COC3)cc1. The summed E-state index contributed by atoms with van der Waals surface area (Å²) < 4.78 is 5.52. The first kappa shape index (κ1) is 14.4. The van der Waals surface area contributed by atoms with Gasteiger partial charge in [-0.1, -0.05) is 32.9 Å². The number of hydrogen-bond acceptors (Lipinski definition) is 2. The molecule has 0 aromatic heterocycles. The molecule has 0 spiro atoms. The molecule has 2 saturated heterocycles. The number of hydrogen-bond donors (Lipinski definition) is 1. The number of nitrogens with zero attached hydrogens (tertiary/aromatic N) is 1. The van der Waals surface area contributed by atoms with Gasteiger partial charge in [-0.05, 0) is 36.0 Å². The Morgan fingerprint density at radius 1 is 1.14 bits per heavy atom. The summed E-state index contributed by atoms with van der Waals surface area (Å²) in [5, 5.41) is 3.02. The summed E-state index contributed by atoms with van der Waals surface area (Å²) in [7, 11) is 0. The predicted octanol–water partition coefficient (Wildman–Crippen LogP) is 3.38. The lowest BCUT2D eigenvalue weighted by Gasteiger charge is -2.34. The molecule has 2 bridgehead atoms. The summed E-state index contributed by atoms with van der Waals surface area (Å²) in [5.74, 6) is 0. The van der Waals surface area contributed by atoms with E-state index in [2.05, 4.69) is 38.2 Å². The third-order valence-corrected chi connectivity index (χ3v) is 4.48. The zero-order chi connectivity index (χ0) is 15.0. The normalized spacial score (nSPS) is 25.0. The highest BCUT2D eigenvalue weighted by Gasteiger charge is 2.40. The van der Waals surface area contributed by atoms with Gasteiger partial charge in [0, 0.05) is 5.69 Å². The molecule has 2 heterocycles. The van der Waals surface area contributed by atoms with Gasteiger partial charge in [-0.15, -0.1) is 0 Å². The van der Waals surface area contributed by atoms with Gasteiger partial charge in [0.15, 0.2) is 0 Å². The fourth-order valence-corrected chi connectivity index (χ4v) is 3.20. The fraction of sp³-hybridized carbons (Fsp3) is 0.588. The molecule has 2 aliphatic heterocycles. The van der Waals surface area contributed by atoms with Crippen LogP contribution in [0.25, 0.3) is 0 Å². The molecule has 2 fully saturated rings. The van der Waals surface area contributed by atoms with E-state index < -0.39 is 0 Å². The van der Waals surface area contributed by atoms with E-state index in [-0.39, 0.29) is 23.5 Å². The number of rotatable bonds is 1. The molecule has 0 aliphatic carbocycles. The first-order chi connectivity index (χ1) is 9.95. The van der Waals surface area contributed by atoms with E-state index >= 15 is 0 Å². The predicted molar refractivity (Wildman–Crippen MR) is 83.6 cm³/mol. The smallest absolute Gasteiger partial charge is 0.322 e. The van der Waals surface area contributed by atoms with Crippen molar-refractivity contribution in [3.63, 3.8) is 0 Å². The number of carbonyl (C=O) groups excluding carboxylic acids is 1. The van der Waals surface area contributed by atoms with Crippen LogP contribution >= 0.6 is 0 Å². The molecule has 3 rings (SSSR count). The number of benzene rings is 1. The number of carbonyl (C=O) groups is 1. The number of anilines is 1. The van der Waals surface area contributed by atoms with Crippen LogP contribution in [0.3, 0.4) is 0 Å². The average molecular weight is 288 g/mol. The third-order valence-electron chi connectivity index (χ3n) is 4.48. The van der Waals surface area contributed by atoms with Crippen LogP contribution in [-0.4, -0.2) is 36.2 Å². The maximum absolute atomic E-state index is 12.5. The van der Waals surface area contributed by atoms with Crippen LogP contribution in [0.15, 0.2) is 24.3 Å². The van der Waals surface area contributed by atoms with Crippen molar-refractivity contribution in [1.29, 1.82) is 0 Å². The Labute approximate surface area is 126 Å². The molecule has 2 atom stereocenters. The Hall–Kier alpha value is -1.55. The van der Waals surface area contributed by atoms with Gasteiger partial charge < -0.3 is 15.0 Å². The molecular weight excluding hydrogens is 264 g/mol. The molecule has 0 radical (unpaired) electrons. The second-order valence-corrected chi connectivity index (χ2v) is 7.09. The van der Waals surface area contributed by atoms with Crippen molar-refractivity contribution in [1.82, 2.24) is 4.90 Å². The Morgan fingerprint density at radius 2 is 1.71 bits per heavy atom. The van der Waals surface area contributed by atoms with Crippen molar-refractivity contribution in [2.75, 3.05) is 18.5 Å². The van der Waals surface area contributed by atoms with E-state index in [1.54, 1.807) is 0 Å². The van der Waals surface area contributed by atoms with E-state index in [0.29, 0.717) is 13.2 Å². The van der Waals surface area contributed by atoms with Crippen LogP contribution in [0.4, 0.5) is 10.5 Å². The number of amides is 2. The summed E-state index contributed by atoms with van der Waals surface area (Å²) in [6, 6.07) is 8.65. The maximum Gasteiger partial charge on any atom is 0.322 e. The van der Waals surface area contributed by atoms with Crippen LogP contribution < -0.4 is 5.32 Å². The van der Waals surface area contributed by atoms with Crippen LogP contribution in [0, 0.1) is 0 Å². The first-order valence-electron chi connectivity index (χ1n) is 7.73. The van der Waals surface area contributed by atoms with Crippen LogP contribution in [-0.2, 0) is 10.2 Å². The average Bonchev–Trinajstić information content (AvgIpc) is 2.68. The van der Waals surface area contributed by atoms with Crippen molar-refractivity contribution in [3.05, 3.63) is 29.8 Å². The van der Waals surface area contributed by atoms with E-state index in [9.17, 15) is 4.79 Å². The lowest BCUT2D eigenvalue weighted by molar-refractivity contribution is 0.00949. The molecule has 2 amide bonds. The molecule has 1 aromatic carbocycles. The van der Waals surface area contributed by atoms with Crippen molar-refractivity contribution >= 4 is 11.7 Å². The zero-order valence-electron chi connectivity index (χ0n) is 13.1. The van der Waals surface area contributed by atoms with Gasteiger partial charge in [-0.25, -0.2) is 4.79 Å². The van der Waals surface area contributed by atoms with Crippen LogP contribution in [0.1, 0.15) is 39.2 Å². The molecular formula is C17H24N2O2. The Balaban J connectivity index is 1.68. The molecule has 21 heavy (non-hydrogen) atoms. The molecule has 2 aliphatic rings. The minimum absolute atomic E-state index is 0.00862. The van der Waals surface area contributed by atoms with Gasteiger partial charge >= 0.3 is 6.03 Å². The number of nitrogens with one attached hydrogen (secondary N) is 1. The highest BCUT2D eigenvalue weighted by atomic mass is 16.5. The third kappa shape index (κ3) is 2.91. The summed E-state index contributed by atoms with van der Waals surface area (Å²) in [5.41, 5.74) is 2.26. The second kappa shape index (κ2) is 5.34. The molecule has 0 unspecified atom stereocenters. The topological polar surface area (TPSA) is 41.6 Å². The summed E-state index contributed by atoms with van der Waals surface area (Å²) >= 11 is 0. The second-order valence-electron chi connectivity index (χ2n) is 7.09. The van der Waals surface area contributed by atoms with Gasteiger partial charge in [0.25, 0.3) is 0 Å². The molecule has 114 valence electrons. The summed E-state index contributed by atoms with van der Waals surface area (Å²) in [6.45, 7) is 7.91. The molecule has 4 nitrogen and oxygen atoms in total.